The van der Waals surface area contributed by atoms with Crippen LogP contribution in [0.2, 0.25) is 0 Å². The lowest BCUT2D eigenvalue weighted by Gasteiger charge is -2.20. The lowest BCUT2D eigenvalue weighted by molar-refractivity contribution is -0.154. The van der Waals surface area contributed by atoms with E-state index in [0.29, 0.717) is 0 Å². The standard InChI is InChI=1S/C12H20O7/c1-8(13)18-7-10(15)11(19-9(2)14)5-6-12(16-3)17-4/h5-6,10-12,15H,7H2,1-4H3/b6-5+. The molecule has 19 heavy (non-hydrogen) atoms. The summed E-state index contributed by atoms with van der Waals surface area (Å²) in [5.74, 6) is -1.10. The number of hydrogen-bond acceptors (Lipinski definition) is 7. The van der Waals surface area contributed by atoms with Gasteiger partial charge in [-0.15, -0.1) is 0 Å². The summed E-state index contributed by atoms with van der Waals surface area (Å²) in [5.41, 5.74) is 0. The van der Waals surface area contributed by atoms with Crippen LogP contribution in [-0.2, 0) is 28.5 Å². The summed E-state index contributed by atoms with van der Waals surface area (Å²) < 4.78 is 19.4. The number of methoxy groups -OCH3 is 2. The van der Waals surface area contributed by atoms with Crippen LogP contribution in [0.3, 0.4) is 0 Å². The van der Waals surface area contributed by atoms with Crippen LogP contribution in [0.4, 0.5) is 0 Å². The third-order valence-corrected chi connectivity index (χ3v) is 2.06. The maximum absolute atomic E-state index is 10.9. The van der Waals surface area contributed by atoms with Crippen molar-refractivity contribution >= 4 is 11.9 Å². The molecule has 0 radical (unpaired) electrons. The van der Waals surface area contributed by atoms with E-state index in [2.05, 4.69) is 4.74 Å². The molecule has 0 rings (SSSR count). The summed E-state index contributed by atoms with van der Waals surface area (Å²) in [7, 11) is 2.88. The highest BCUT2D eigenvalue weighted by atomic mass is 16.7. The van der Waals surface area contributed by atoms with Gasteiger partial charge in [0, 0.05) is 28.1 Å². The van der Waals surface area contributed by atoms with Gasteiger partial charge in [-0.05, 0) is 12.2 Å². The van der Waals surface area contributed by atoms with Crippen molar-refractivity contribution < 1.29 is 33.6 Å². The van der Waals surface area contributed by atoms with Crippen LogP contribution >= 0.6 is 0 Å². The van der Waals surface area contributed by atoms with Gasteiger partial charge in [0.25, 0.3) is 0 Å². The molecule has 2 unspecified atom stereocenters. The molecule has 7 heteroatoms. The summed E-state index contributed by atoms with van der Waals surface area (Å²) in [6.45, 7) is 2.15. The van der Waals surface area contributed by atoms with E-state index < -0.39 is 30.4 Å². The van der Waals surface area contributed by atoms with Gasteiger partial charge in [-0.25, -0.2) is 0 Å². The minimum atomic E-state index is -1.17. The van der Waals surface area contributed by atoms with E-state index >= 15 is 0 Å². The van der Waals surface area contributed by atoms with E-state index in [1.54, 1.807) is 0 Å². The monoisotopic (exact) mass is 276 g/mol. The van der Waals surface area contributed by atoms with Crippen molar-refractivity contribution in [3.8, 4) is 0 Å². The predicted octanol–water partition coefficient (Wildman–Crippen LogP) is 0.0172. The summed E-state index contributed by atoms with van der Waals surface area (Å²) >= 11 is 0. The molecule has 0 aliphatic heterocycles. The van der Waals surface area contributed by atoms with Crippen LogP contribution in [-0.4, -0.2) is 56.4 Å². The number of ether oxygens (including phenoxy) is 4. The average molecular weight is 276 g/mol. The average Bonchev–Trinajstić information content (AvgIpc) is 2.35. The first-order chi connectivity index (χ1) is 8.90. The molecule has 0 saturated carbocycles. The lowest BCUT2D eigenvalue weighted by Crippen LogP contribution is -2.33. The Morgan fingerprint density at radius 3 is 2.11 bits per heavy atom. The van der Waals surface area contributed by atoms with Gasteiger partial charge in [-0.2, -0.15) is 0 Å². The molecular formula is C12H20O7. The van der Waals surface area contributed by atoms with E-state index in [1.807, 2.05) is 0 Å². The van der Waals surface area contributed by atoms with Crippen LogP contribution in [0, 0.1) is 0 Å². The molecule has 0 fully saturated rings. The van der Waals surface area contributed by atoms with Crippen molar-refractivity contribution in [2.75, 3.05) is 20.8 Å². The molecule has 2 atom stereocenters. The van der Waals surface area contributed by atoms with Gasteiger partial charge in [0.2, 0.25) is 0 Å². The maximum Gasteiger partial charge on any atom is 0.303 e. The van der Waals surface area contributed by atoms with Gasteiger partial charge in [0.05, 0.1) is 0 Å². The first-order valence-corrected chi connectivity index (χ1v) is 5.63. The van der Waals surface area contributed by atoms with Crippen molar-refractivity contribution in [3.05, 3.63) is 12.2 Å². The molecule has 0 amide bonds. The topological polar surface area (TPSA) is 91.3 Å². The minimum Gasteiger partial charge on any atom is -0.463 e. The fourth-order valence-electron chi connectivity index (χ4n) is 1.19. The summed E-state index contributed by atoms with van der Waals surface area (Å²) in [6, 6.07) is 0. The number of esters is 2. The van der Waals surface area contributed by atoms with Crippen molar-refractivity contribution in [2.45, 2.75) is 32.3 Å². The van der Waals surface area contributed by atoms with Crippen LogP contribution in [0.5, 0.6) is 0 Å². The zero-order valence-electron chi connectivity index (χ0n) is 11.5. The van der Waals surface area contributed by atoms with Gasteiger partial charge >= 0.3 is 11.9 Å². The molecular weight excluding hydrogens is 256 g/mol. The Morgan fingerprint density at radius 2 is 1.68 bits per heavy atom. The lowest BCUT2D eigenvalue weighted by atomic mass is 10.2. The van der Waals surface area contributed by atoms with Crippen molar-refractivity contribution in [3.63, 3.8) is 0 Å². The minimum absolute atomic E-state index is 0.276. The molecule has 0 aliphatic carbocycles. The number of carbonyl (C=O) groups excluding carboxylic acids is 2. The second kappa shape index (κ2) is 9.48. The predicted molar refractivity (Wildman–Crippen MR) is 65.1 cm³/mol. The summed E-state index contributed by atoms with van der Waals surface area (Å²) in [6.07, 6.45) is 0.139. The highest BCUT2D eigenvalue weighted by molar-refractivity contribution is 5.66. The van der Waals surface area contributed by atoms with E-state index in [0.717, 1.165) is 0 Å². The Kier molecular flexibility index (Phi) is 8.77. The Morgan fingerprint density at radius 1 is 1.11 bits per heavy atom. The van der Waals surface area contributed by atoms with Crippen LogP contribution < -0.4 is 0 Å². The Bertz CT molecular complexity index is 309. The maximum atomic E-state index is 10.9. The van der Waals surface area contributed by atoms with Crippen molar-refractivity contribution in [1.82, 2.24) is 0 Å². The molecule has 0 saturated heterocycles. The van der Waals surface area contributed by atoms with Gasteiger partial charge in [0.15, 0.2) is 6.29 Å². The number of hydrogen-bond donors (Lipinski definition) is 1. The molecule has 1 N–H and O–H groups in total. The smallest absolute Gasteiger partial charge is 0.303 e. The Labute approximate surface area is 112 Å². The first-order valence-electron chi connectivity index (χ1n) is 5.63. The van der Waals surface area contributed by atoms with E-state index in [4.69, 9.17) is 14.2 Å². The van der Waals surface area contributed by atoms with Crippen LogP contribution in [0.25, 0.3) is 0 Å². The third-order valence-electron chi connectivity index (χ3n) is 2.06. The second-order valence-electron chi connectivity index (χ2n) is 3.67. The van der Waals surface area contributed by atoms with Crippen molar-refractivity contribution in [1.29, 1.82) is 0 Å². The highest BCUT2D eigenvalue weighted by Crippen LogP contribution is 2.06. The number of aliphatic hydroxyl groups excluding tert-OH is 1. The second-order valence-corrected chi connectivity index (χ2v) is 3.67. The Hall–Kier alpha value is -1.44. The van der Waals surface area contributed by atoms with E-state index in [9.17, 15) is 14.7 Å². The van der Waals surface area contributed by atoms with E-state index in [-0.39, 0.29) is 6.61 Å². The Balaban J connectivity index is 4.60. The third kappa shape index (κ3) is 8.30. The van der Waals surface area contributed by atoms with Gasteiger partial charge in [-0.3, -0.25) is 9.59 Å². The van der Waals surface area contributed by atoms with Gasteiger partial charge in [-0.1, -0.05) is 0 Å². The number of carbonyl (C=O) groups is 2. The zero-order chi connectivity index (χ0) is 14.8. The molecule has 0 aromatic carbocycles. The number of aliphatic hydroxyl groups is 1. The molecule has 0 heterocycles. The largest absolute Gasteiger partial charge is 0.463 e. The molecule has 0 aromatic heterocycles. The summed E-state index contributed by atoms with van der Waals surface area (Å²) in [4.78, 5) is 21.6. The molecule has 0 spiro atoms. The van der Waals surface area contributed by atoms with E-state index in [1.165, 1.54) is 40.2 Å². The molecule has 0 bridgehead atoms. The normalized spacial score (nSPS) is 14.4. The van der Waals surface area contributed by atoms with Crippen LogP contribution in [0.15, 0.2) is 12.2 Å². The molecule has 0 aromatic rings. The fraction of sp³-hybridized carbons (Fsp3) is 0.667. The SMILES string of the molecule is COC(/C=C/C(OC(C)=O)C(O)COC(C)=O)OC. The molecule has 0 aliphatic rings. The first kappa shape index (κ1) is 17.6. The fourth-order valence-corrected chi connectivity index (χ4v) is 1.19. The van der Waals surface area contributed by atoms with Gasteiger partial charge < -0.3 is 24.1 Å². The quantitative estimate of drug-likeness (QED) is 0.379. The number of rotatable bonds is 8. The summed E-state index contributed by atoms with van der Waals surface area (Å²) in [5, 5.41) is 9.78. The molecule has 7 nitrogen and oxygen atoms in total. The van der Waals surface area contributed by atoms with Crippen molar-refractivity contribution in [2.24, 2.45) is 0 Å². The van der Waals surface area contributed by atoms with Crippen LogP contribution in [0.1, 0.15) is 13.8 Å². The molecule has 110 valence electrons. The zero-order valence-corrected chi connectivity index (χ0v) is 11.5. The van der Waals surface area contributed by atoms with Gasteiger partial charge in [0.1, 0.15) is 18.8 Å². The highest BCUT2D eigenvalue weighted by Gasteiger charge is 2.21.